The van der Waals surface area contributed by atoms with Crippen molar-refractivity contribution in [2.24, 2.45) is 0 Å². The van der Waals surface area contributed by atoms with Crippen molar-refractivity contribution in [2.75, 3.05) is 5.32 Å². The zero-order valence-electron chi connectivity index (χ0n) is 12.4. The molecular formula is C15H16Cl2N4O. The van der Waals surface area contributed by atoms with E-state index in [1.807, 2.05) is 20.8 Å². The van der Waals surface area contributed by atoms with Crippen LogP contribution in [0.15, 0.2) is 30.6 Å². The van der Waals surface area contributed by atoms with Crippen LogP contribution in [-0.2, 0) is 0 Å². The minimum Gasteiger partial charge on any atom is -0.346 e. The molecule has 5 nitrogen and oxygen atoms in total. The van der Waals surface area contributed by atoms with Gasteiger partial charge in [0.25, 0.3) is 5.91 Å². The smallest absolute Gasteiger partial charge is 0.271 e. The first-order valence-electron chi connectivity index (χ1n) is 6.61. The molecule has 7 heteroatoms. The first-order chi connectivity index (χ1) is 10.2. The second-order valence-electron chi connectivity index (χ2n) is 5.74. The largest absolute Gasteiger partial charge is 0.346 e. The maximum absolute atomic E-state index is 11.9. The fourth-order valence-corrected chi connectivity index (χ4v) is 1.93. The molecule has 0 aliphatic rings. The second-order valence-corrected chi connectivity index (χ2v) is 6.56. The van der Waals surface area contributed by atoms with Gasteiger partial charge in [0.15, 0.2) is 0 Å². The summed E-state index contributed by atoms with van der Waals surface area (Å²) in [4.78, 5) is 20.2. The number of amides is 1. The first-order valence-corrected chi connectivity index (χ1v) is 7.37. The molecule has 1 amide bonds. The Morgan fingerprint density at radius 2 is 1.82 bits per heavy atom. The molecule has 0 spiro atoms. The summed E-state index contributed by atoms with van der Waals surface area (Å²) >= 11 is 11.8. The van der Waals surface area contributed by atoms with Crippen LogP contribution in [0.25, 0.3) is 0 Å². The highest BCUT2D eigenvalue weighted by Crippen LogP contribution is 2.26. The van der Waals surface area contributed by atoms with Crippen LogP contribution < -0.4 is 10.6 Å². The van der Waals surface area contributed by atoms with Crippen LogP contribution in [0.4, 0.5) is 11.5 Å². The minimum atomic E-state index is -0.324. The molecule has 0 saturated heterocycles. The Kier molecular flexibility index (Phi) is 4.88. The van der Waals surface area contributed by atoms with Gasteiger partial charge in [0.1, 0.15) is 11.5 Å². The Morgan fingerprint density at radius 1 is 1.09 bits per heavy atom. The average Bonchev–Trinajstić information content (AvgIpc) is 2.42. The molecule has 116 valence electrons. The van der Waals surface area contributed by atoms with Crippen molar-refractivity contribution in [1.82, 2.24) is 15.3 Å². The summed E-state index contributed by atoms with van der Waals surface area (Å²) in [5.41, 5.74) is 0.667. The molecule has 1 aromatic carbocycles. The maximum atomic E-state index is 11.9. The number of benzene rings is 1. The van der Waals surface area contributed by atoms with Crippen LogP contribution in [0.1, 0.15) is 31.3 Å². The van der Waals surface area contributed by atoms with Crippen molar-refractivity contribution < 1.29 is 4.79 Å². The number of nitrogens with one attached hydrogen (secondary N) is 2. The Hall–Kier alpha value is -1.85. The Balaban J connectivity index is 2.08. The summed E-state index contributed by atoms with van der Waals surface area (Å²) in [6.07, 6.45) is 2.90. The van der Waals surface area contributed by atoms with Crippen LogP contribution in [0, 0.1) is 0 Å². The summed E-state index contributed by atoms with van der Waals surface area (Å²) in [7, 11) is 0. The number of carbonyl (C=O) groups is 1. The Bertz CT molecular complexity index is 681. The highest BCUT2D eigenvalue weighted by Gasteiger charge is 2.16. The first kappa shape index (κ1) is 16.5. The van der Waals surface area contributed by atoms with Gasteiger partial charge in [0, 0.05) is 11.2 Å². The van der Waals surface area contributed by atoms with Crippen LogP contribution in [-0.4, -0.2) is 21.4 Å². The summed E-state index contributed by atoms with van der Waals surface area (Å²) in [5.74, 6) is 0.242. The zero-order valence-corrected chi connectivity index (χ0v) is 14.0. The third kappa shape index (κ3) is 4.58. The fraction of sp³-hybridized carbons (Fsp3) is 0.267. The maximum Gasteiger partial charge on any atom is 0.271 e. The molecule has 0 atom stereocenters. The van der Waals surface area contributed by atoms with Gasteiger partial charge in [0.05, 0.1) is 22.4 Å². The molecule has 0 radical (unpaired) electrons. The van der Waals surface area contributed by atoms with Gasteiger partial charge in [-0.15, -0.1) is 0 Å². The Morgan fingerprint density at radius 3 is 2.36 bits per heavy atom. The number of rotatable bonds is 3. The number of carbonyl (C=O) groups excluding carboxylic acids is 1. The van der Waals surface area contributed by atoms with E-state index in [4.69, 9.17) is 23.2 Å². The lowest BCUT2D eigenvalue weighted by Crippen LogP contribution is -2.40. The van der Waals surface area contributed by atoms with Crippen molar-refractivity contribution >= 4 is 40.6 Å². The van der Waals surface area contributed by atoms with Gasteiger partial charge in [0.2, 0.25) is 0 Å². The highest BCUT2D eigenvalue weighted by molar-refractivity contribution is 6.42. The summed E-state index contributed by atoms with van der Waals surface area (Å²) in [6.45, 7) is 5.70. The second kappa shape index (κ2) is 6.50. The molecule has 22 heavy (non-hydrogen) atoms. The monoisotopic (exact) mass is 338 g/mol. The van der Waals surface area contributed by atoms with Crippen molar-refractivity contribution in [1.29, 1.82) is 0 Å². The van der Waals surface area contributed by atoms with Crippen molar-refractivity contribution in [2.45, 2.75) is 26.3 Å². The normalized spacial score (nSPS) is 11.1. The van der Waals surface area contributed by atoms with E-state index in [1.54, 1.807) is 18.2 Å². The van der Waals surface area contributed by atoms with Crippen LogP contribution >= 0.6 is 23.2 Å². The quantitative estimate of drug-likeness (QED) is 0.885. The lowest BCUT2D eigenvalue weighted by Gasteiger charge is -2.19. The highest BCUT2D eigenvalue weighted by atomic mass is 35.5. The molecule has 0 bridgehead atoms. The number of halogens is 2. The number of anilines is 2. The predicted molar refractivity (Wildman–Crippen MR) is 89.0 cm³/mol. The van der Waals surface area contributed by atoms with Gasteiger partial charge >= 0.3 is 0 Å². The van der Waals surface area contributed by atoms with Crippen molar-refractivity contribution in [3.63, 3.8) is 0 Å². The number of aromatic nitrogens is 2. The van der Waals surface area contributed by atoms with Crippen molar-refractivity contribution in [3.8, 4) is 0 Å². The molecule has 2 N–H and O–H groups in total. The van der Waals surface area contributed by atoms with E-state index in [0.717, 1.165) is 5.69 Å². The third-order valence-corrected chi connectivity index (χ3v) is 3.30. The molecule has 0 fully saturated rings. The third-order valence-electron chi connectivity index (χ3n) is 2.57. The molecule has 1 aromatic heterocycles. The van der Waals surface area contributed by atoms with E-state index < -0.39 is 0 Å². The molecule has 1 heterocycles. The van der Waals surface area contributed by atoms with E-state index in [9.17, 15) is 4.79 Å². The van der Waals surface area contributed by atoms with Gasteiger partial charge in [-0.2, -0.15) is 0 Å². The predicted octanol–water partition coefficient (Wildman–Crippen LogP) is 4.06. The minimum absolute atomic E-state index is 0.259. The van der Waals surface area contributed by atoms with Crippen LogP contribution in [0.5, 0.6) is 0 Å². The van der Waals surface area contributed by atoms with Crippen LogP contribution in [0.2, 0.25) is 10.0 Å². The molecule has 2 aromatic rings. The van der Waals surface area contributed by atoms with E-state index in [2.05, 4.69) is 20.6 Å². The molecule has 0 aliphatic heterocycles. The summed E-state index contributed by atoms with van der Waals surface area (Å²) in [5, 5.41) is 6.79. The number of hydrogen-bond acceptors (Lipinski definition) is 4. The topological polar surface area (TPSA) is 66.9 Å². The number of nitrogens with zero attached hydrogens (tertiary/aromatic N) is 2. The van der Waals surface area contributed by atoms with Gasteiger partial charge < -0.3 is 10.6 Å². The lowest BCUT2D eigenvalue weighted by molar-refractivity contribution is 0.0914. The van der Waals surface area contributed by atoms with E-state index >= 15 is 0 Å². The zero-order chi connectivity index (χ0) is 16.3. The van der Waals surface area contributed by atoms with Crippen molar-refractivity contribution in [3.05, 3.63) is 46.3 Å². The summed E-state index contributed by atoms with van der Waals surface area (Å²) < 4.78 is 0. The molecule has 0 saturated carbocycles. The average molecular weight is 339 g/mol. The SMILES string of the molecule is CC(C)(C)NC(=O)c1cnc(Nc2ccc(Cl)c(Cl)c2)cn1. The van der Waals surface area contributed by atoms with Crippen LogP contribution in [0.3, 0.4) is 0 Å². The molecule has 2 rings (SSSR count). The Labute approximate surface area is 139 Å². The standard InChI is InChI=1S/C15H16Cl2N4O/c1-15(2,3)21-14(22)12-7-19-13(8-18-12)20-9-4-5-10(16)11(17)6-9/h4-8H,1-3H3,(H,19,20)(H,21,22). The molecule has 0 unspecified atom stereocenters. The lowest BCUT2D eigenvalue weighted by atomic mass is 10.1. The van der Waals surface area contributed by atoms with Gasteiger partial charge in [-0.25, -0.2) is 9.97 Å². The molecular weight excluding hydrogens is 323 g/mol. The number of hydrogen-bond donors (Lipinski definition) is 2. The van der Waals surface area contributed by atoms with Gasteiger partial charge in [-0.3, -0.25) is 4.79 Å². The molecule has 0 aliphatic carbocycles. The van der Waals surface area contributed by atoms with E-state index in [1.165, 1.54) is 12.4 Å². The van der Waals surface area contributed by atoms with Gasteiger partial charge in [-0.1, -0.05) is 23.2 Å². The van der Waals surface area contributed by atoms with E-state index in [0.29, 0.717) is 15.9 Å². The van der Waals surface area contributed by atoms with Gasteiger partial charge in [-0.05, 0) is 39.0 Å². The van der Waals surface area contributed by atoms with E-state index in [-0.39, 0.29) is 17.1 Å². The fourth-order valence-electron chi connectivity index (χ4n) is 1.64. The summed E-state index contributed by atoms with van der Waals surface area (Å²) in [6, 6.07) is 5.15.